The van der Waals surface area contributed by atoms with E-state index in [2.05, 4.69) is 27.7 Å². The topological polar surface area (TPSA) is 29.5 Å². The van der Waals surface area contributed by atoms with E-state index >= 15 is 0 Å². The first-order valence-electron chi connectivity index (χ1n) is 7.64. The first-order chi connectivity index (χ1) is 8.28. The average molecular weight is 252 g/mol. The van der Waals surface area contributed by atoms with Crippen LogP contribution in [0.25, 0.3) is 0 Å². The van der Waals surface area contributed by atoms with Crippen LogP contribution in [0, 0.1) is 22.7 Å². The van der Waals surface area contributed by atoms with Crippen LogP contribution < -0.4 is 0 Å². The van der Waals surface area contributed by atoms with Crippen molar-refractivity contribution in [2.24, 2.45) is 22.7 Å². The van der Waals surface area contributed by atoms with E-state index in [1.165, 1.54) is 25.7 Å². The van der Waals surface area contributed by atoms with Gasteiger partial charge in [0.1, 0.15) is 0 Å². The van der Waals surface area contributed by atoms with Gasteiger partial charge in [-0.1, -0.05) is 27.2 Å². The molecule has 1 saturated heterocycles. The summed E-state index contributed by atoms with van der Waals surface area (Å²) in [5.41, 5.74) is 0.756. The number of hydrogen-bond acceptors (Lipinski definition) is 2. The van der Waals surface area contributed by atoms with Crippen molar-refractivity contribution in [3.05, 3.63) is 0 Å². The molecular formula is C16H28O2. The molecule has 2 nitrogen and oxygen atoms in total. The maximum Gasteiger partial charge on any atom is 0.155 e. The number of ether oxygens (including phenoxy) is 1. The summed E-state index contributed by atoms with van der Waals surface area (Å²) in [5, 5.41) is 9.94. The predicted molar refractivity (Wildman–Crippen MR) is 72.1 cm³/mol. The molecule has 1 heterocycles. The molecule has 0 amide bonds. The minimum atomic E-state index is -0.527. The van der Waals surface area contributed by atoms with Gasteiger partial charge in [-0.25, -0.2) is 0 Å². The molecule has 1 aliphatic heterocycles. The molecule has 0 bridgehead atoms. The molecule has 2 aliphatic carbocycles. The highest BCUT2D eigenvalue weighted by atomic mass is 16.6. The van der Waals surface area contributed by atoms with Crippen LogP contribution in [-0.2, 0) is 4.74 Å². The van der Waals surface area contributed by atoms with Gasteiger partial charge in [0.05, 0.1) is 5.60 Å². The fourth-order valence-corrected chi connectivity index (χ4v) is 5.83. The molecule has 5 atom stereocenters. The molecule has 3 fully saturated rings. The zero-order chi connectivity index (χ0) is 13.2. The molecule has 0 radical (unpaired) electrons. The maximum absolute atomic E-state index is 9.94. The molecule has 3 aliphatic rings. The van der Waals surface area contributed by atoms with Crippen molar-refractivity contribution in [1.82, 2.24) is 0 Å². The summed E-state index contributed by atoms with van der Waals surface area (Å²) in [6.07, 6.45) is 6.72. The Morgan fingerprint density at radius 1 is 1.00 bits per heavy atom. The number of aliphatic hydroxyl groups excluding tert-OH is 1. The zero-order valence-corrected chi connectivity index (χ0v) is 12.3. The van der Waals surface area contributed by atoms with Gasteiger partial charge in [0.25, 0.3) is 0 Å². The number of hydrogen-bond donors (Lipinski definition) is 1. The molecule has 3 rings (SSSR count). The Morgan fingerprint density at radius 2 is 1.72 bits per heavy atom. The van der Waals surface area contributed by atoms with Gasteiger partial charge in [-0.15, -0.1) is 0 Å². The summed E-state index contributed by atoms with van der Waals surface area (Å²) in [7, 11) is 0. The number of fused-ring (bicyclic) bond motifs is 3. The summed E-state index contributed by atoms with van der Waals surface area (Å²) in [6.45, 7) is 9.60. The predicted octanol–water partition coefficient (Wildman–Crippen LogP) is 3.73. The Balaban J connectivity index is 1.98. The van der Waals surface area contributed by atoms with Crippen LogP contribution in [0.3, 0.4) is 0 Å². The van der Waals surface area contributed by atoms with Gasteiger partial charge in [-0.2, -0.15) is 0 Å². The Kier molecular flexibility index (Phi) is 2.68. The second-order valence-electron chi connectivity index (χ2n) is 8.11. The van der Waals surface area contributed by atoms with E-state index in [-0.39, 0.29) is 5.60 Å². The lowest BCUT2D eigenvalue weighted by atomic mass is 9.45. The fourth-order valence-electron chi connectivity index (χ4n) is 5.83. The zero-order valence-electron chi connectivity index (χ0n) is 12.3. The third kappa shape index (κ3) is 1.61. The summed E-state index contributed by atoms with van der Waals surface area (Å²) in [4.78, 5) is 0. The number of aliphatic hydroxyl groups is 1. The monoisotopic (exact) mass is 252 g/mol. The van der Waals surface area contributed by atoms with Crippen LogP contribution in [0.15, 0.2) is 0 Å². The van der Waals surface area contributed by atoms with Crippen molar-refractivity contribution < 1.29 is 9.84 Å². The van der Waals surface area contributed by atoms with Crippen molar-refractivity contribution >= 4 is 0 Å². The molecule has 18 heavy (non-hydrogen) atoms. The third-order valence-electron chi connectivity index (χ3n) is 6.58. The van der Waals surface area contributed by atoms with E-state index < -0.39 is 6.29 Å². The van der Waals surface area contributed by atoms with Crippen LogP contribution in [0.5, 0.6) is 0 Å². The molecule has 1 unspecified atom stereocenters. The highest BCUT2D eigenvalue weighted by Crippen LogP contribution is 2.65. The normalized spacial score (nSPS) is 54.8. The Hall–Kier alpha value is -0.0800. The van der Waals surface area contributed by atoms with Gasteiger partial charge in [0.2, 0.25) is 0 Å². The molecule has 1 N–H and O–H groups in total. The fraction of sp³-hybridized carbons (Fsp3) is 1.00. The minimum Gasteiger partial charge on any atom is -0.368 e. The van der Waals surface area contributed by atoms with Crippen molar-refractivity contribution in [2.45, 2.75) is 78.1 Å². The molecule has 104 valence electrons. The Bertz CT molecular complexity index is 351. The lowest BCUT2D eigenvalue weighted by Gasteiger charge is -2.60. The summed E-state index contributed by atoms with van der Waals surface area (Å²) in [5.74, 6) is 1.34. The lowest BCUT2D eigenvalue weighted by molar-refractivity contribution is -0.181. The average Bonchev–Trinajstić information content (AvgIpc) is 2.53. The van der Waals surface area contributed by atoms with E-state index in [1.54, 1.807) is 0 Å². The second kappa shape index (κ2) is 3.73. The highest BCUT2D eigenvalue weighted by molar-refractivity contribution is 5.10. The van der Waals surface area contributed by atoms with Crippen LogP contribution >= 0.6 is 0 Å². The van der Waals surface area contributed by atoms with Gasteiger partial charge in [0, 0.05) is 6.42 Å². The standard InChI is InChI=1S/C16H28O2/c1-14(2)7-5-8-15(3)11(14)6-9-16(4)12(15)10-13(17)18-16/h11-13,17H,5-10H2,1-4H3/t11-,12+,13?,15-,16+/m0/s1. The third-order valence-corrected chi connectivity index (χ3v) is 6.58. The summed E-state index contributed by atoms with van der Waals surface area (Å²) >= 11 is 0. The van der Waals surface area contributed by atoms with Gasteiger partial charge in [-0.05, 0) is 55.3 Å². The second-order valence-corrected chi connectivity index (χ2v) is 8.11. The SMILES string of the molecule is CC1(C)CCC[C@]2(C)[C@H]3CC(O)O[C@]3(C)CC[C@@H]12. The Morgan fingerprint density at radius 3 is 2.44 bits per heavy atom. The van der Waals surface area contributed by atoms with E-state index in [4.69, 9.17) is 4.74 Å². The smallest absolute Gasteiger partial charge is 0.155 e. The minimum absolute atomic E-state index is 0.0713. The molecular weight excluding hydrogens is 224 g/mol. The van der Waals surface area contributed by atoms with Gasteiger partial charge in [-0.3, -0.25) is 0 Å². The first-order valence-corrected chi connectivity index (χ1v) is 7.64. The van der Waals surface area contributed by atoms with Gasteiger partial charge in [0.15, 0.2) is 6.29 Å². The van der Waals surface area contributed by atoms with Crippen LogP contribution in [0.2, 0.25) is 0 Å². The quantitative estimate of drug-likeness (QED) is 0.712. The lowest BCUT2D eigenvalue weighted by Crippen LogP contribution is -2.55. The highest BCUT2D eigenvalue weighted by Gasteiger charge is 2.61. The molecule has 0 spiro atoms. The Labute approximate surface area is 111 Å². The summed E-state index contributed by atoms with van der Waals surface area (Å²) in [6, 6.07) is 0. The molecule has 0 aromatic rings. The van der Waals surface area contributed by atoms with Gasteiger partial charge < -0.3 is 9.84 Å². The van der Waals surface area contributed by atoms with Crippen molar-refractivity contribution in [3.63, 3.8) is 0 Å². The largest absolute Gasteiger partial charge is 0.368 e. The summed E-state index contributed by atoms with van der Waals surface area (Å²) < 4.78 is 5.89. The molecule has 0 aromatic heterocycles. The molecule has 2 heteroatoms. The van der Waals surface area contributed by atoms with Crippen LogP contribution in [0.4, 0.5) is 0 Å². The van der Waals surface area contributed by atoms with Crippen molar-refractivity contribution in [1.29, 1.82) is 0 Å². The number of rotatable bonds is 0. The maximum atomic E-state index is 9.94. The first kappa shape index (κ1) is 12.9. The van der Waals surface area contributed by atoms with E-state index in [9.17, 15) is 5.11 Å². The molecule has 0 aromatic carbocycles. The van der Waals surface area contributed by atoms with E-state index in [0.717, 1.165) is 18.8 Å². The van der Waals surface area contributed by atoms with E-state index in [1.807, 2.05) is 0 Å². The molecule has 2 saturated carbocycles. The van der Waals surface area contributed by atoms with Gasteiger partial charge >= 0.3 is 0 Å². The van der Waals surface area contributed by atoms with Crippen molar-refractivity contribution in [3.8, 4) is 0 Å². The van der Waals surface area contributed by atoms with Crippen LogP contribution in [0.1, 0.15) is 66.2 Å². The van der Waals surface area contributed by atoms with Crippen molar-refractivity contribution in [2.75, 3.05) is 0 Å². The van der Waals surface area contributed by atoms with Crippen LogP contribution in [-0.4, -0.2) is 17.0 Å². The van der Waals surface area contributed by atoms with E-state index in [0.29, 0.717) is 16.7 Å².